The topological polar surface area (TPSA) is 71.4 Å². The number of aromatic nitrogens is 2. The summed E-state index contributed by atoms with van der Waals surface area (Å²) in [5, 5.41) is 6.58. The van der Waals surface area contributed by atoms with Crippen LogP contribution in [-0.2, 0) is 4.74 Å². The lowest BCUT2D eigenvalue weighted by Gasteiger charge is -2.36. The number of ether oxygens (including phenoxy) is 1. The highest BCUT2D eigenvalue weighted by Gasteiger charge is 2.28. The van der Waals surface area contributed by atoms with E-state index >= 15 is 0 Å². The third-order valence-corrected chi connectivity index (χ3v) is 4.22. The number of nitrogens with one attached hydrogen (secondary N) is 1. The zero-order chi connectivity index (χ0) is 17.1. The fourth-order valence-electron chi connectivity index (χ4n) is 2.94. The fraction of sp³-hybridized carbons (Fsp3) is 0.471. The Morgan fingerprint density at radius 3 is 2.79 bits per heavy atom. The number of amides is 1. The van der Waals surface area contributed by atoms with Gasteiger partial charge in [-0.1, -0.05) is 13.8 Å². The molecule has 1 N–H and O–H groups in total. The predicted molar refractivity (Wildman–Crippen MR) is 92.2 cm³/mol. The van der Waals surface area contributed by atoms with Crippen molar-refractivity contribution in [3.63, 3.8) is 0 Å². The number of carbonyl (C=O) groups excluding carboxylic acids is 1. The lowest BCUT2D eigenvalue weighted by atomic mass is 10.0. The quantitative estimate of drug-likeness (QED) is 0.860. The number of nitrogens with zero attached hydrogens (tertiary/aromatic N) is 2. The van der Waals surface area contributed by atoms with Crippen LogP contribution in [-0.4, -0.2) is 46.8 Å². The van der Waals surface area contributed by atoms with Crippen LogP contribution in [0, 0.1) is 10.8 Å². The molecule has 2 aromatic rings. The molecule has 1 aromatic heterocycles. The summed E-state index contributed by atoms with van der Waals surface area (Å²) in [4.78, 5) is 15.0. The molecule has 1 fully saturated rings. The first kappa shape index (κ1) is 16.9. The van der Waals surface area contributed by atoms with Gasteiger partial charge in [0.25, 0.3) is 10.7 Å². The van der Waals surface area contributed by atoms with Gasteiger partial charge in [-0.25, -0.2) is 5.10 Å². The molecule has 2 heterocycles. The van der Waals surface area contributed by atoms with E-state index < -0.39 is 0 Å². The van der Waals surface area contributed by atoms with E-state index in [1.807, 2.05) is 17.0 Å². The van der Waals surface area contributed by atoms with Crippen molar-refractivity contribution in [3.8, 4) is 11.5 Å². The lowest BCUT2D eigenvalue weighted by molar-refractivity contribution is -0.00746. The first-order chi connectivity index (χ1) is 11.5. The molecule has 1 atom stereocenters. The van der Waals surface area contributed by atoms with E-state index in [0.29, 0.717) is 37.1 Å². The Hall–Kier alpha value is -1.99. The summed E-state index contributed by atoms with van der Waals surface area (Å²) in [6.45, 7) is 6.15. The molecule has 1 aliphatic heterocycles. The van der Waals surface area contributed by atoms with E-state index in [2.05, 4.69) is 24.0 Å². The van der Waals surface area contributed by atoms with Crippen LogP contribution in [0.4, 0.5) is 0 Å². The van der Waals surface area contributed by atoms with Crippen molar-refractivity contribution in [2.24, 2.45) is 5.92 Å². The molecule has 24 heavy (non-hydrogen) atoms. The average Bonchev–Trinajstić information content (AvgIpc) is 3.01. The number of H-pyrrole nitrogens is 1. The molecule has 0 aliphatic carbocycles. The second-order valence-electron chi connectivity index (χ2n) is 6.35. The second-order valence-corrected chi connectivity index (χ2v) is 6.72. The molecule has 0 spiro atoms. The highest BCUT2D eigenvalue weighted by molar-refractivity contribution is 7.71. The second kappa shape index (κ2) is 7.27. The number of morpholine rings is 1. The van der Waals surface area contributed by atoms with E-state index in [4.69, 9.17) is 21.4 Å². The first-order valence-corrected chi connectivity index (χ1v) is 8.50. The van der Waals surface area contributed by atoms with Crippen LogP contribution in [0.25, 0.3) is 11.5 Å². The zero-order valence-corrected chi connectivity index (χ0v) is 14.6. The van der Waals surface area contributed by atoms with Crippen molar-refractivity contribution in [1.82, 2.24) is 15.1 Å². The molecular weight excluding hydrogens is 326 g/mol. The Morgan fingerprint density at radius 2 is 2.17 bits per heavy atom. The molecule has 6 nitrogen and oxygen atoms in total. The van der Waals surface area contributed by atoms with Crippen molar-refractivity contribution in [2.45, 2.75) is 26.3 Å². The molecule has 0 radical (unpaired) electrons. The SMILES string of the molecule is CC(C)C[C@@H]1COCCN1C(=O)c1ccc(-c2n[nH]c(=S)o2)cc1. The summed E-state index contributed by atoms with van der Waals surface area (Å²) in [6, 6.07) is 7.37. The third-order valence-electron chi connectivity index (χ3n) is 4.05. The Labute approximate surface area is 145 Å². The Bertz CT molecular complexity index is 751. The largest absolute Gasteiger partial charge is 0.409 e. The van der Waals surface area contributed by atoms with Gasteiger partial charge >= 0.3 is 0 Å². The maximum Gasteiger partial charge on any atom is 0.284 e. The summed E-state index contributed by atoms with van der Waals surface area (Å²) in [5.74, 6) is 0.977. The number of hydrogen-bond donors (Lipinski definition) is 1. The lowest BCUT2D eigenvalue weighted by Crippen LogP contribution is -2.49. The summed E-state index contributed by atoms with van der Waals surface area (Å²) in [7, 11) is 0. The molecule has 0 saturated carbocycles. The van der Waals surface area contributed by atoms with Crippen LogP contribution in [0.3, 0.4) is 0 Å². The van der Waals surface area contributed by atoms with Gasteiger partial charge in [-0.15, -0.1) is 5.10 Å². The molecular formula is C17H21N3O3S. The number of rotatable bonds is 4. The molecule has 7 heteroatoms. The maximum atomic E-state index is 12.9. The number of aromatic amines is 1. The van der Waals surface area contributed by atoms with Gasteiger partial charge in [0.05, 0.1) is 19.3 Å². The number of carbonyl (C=O) groups is 1. The Morgan fingerprint density at radius 1 is 1.42 bits per heavy atom. The molecule has 3 rings (SSSR count). The molecule has 1 aliphatic rings. The minimum atomic E-state index is 0.0402. The van der Waals surface area contributed by atoms with E-state index in [1.54, 1.807) is 12.1 Å². The van der Waals surface area contributed by atoms with Gasteiger partial charge in [-0.3, -0.25) is 4.79 Å². The fourth-order valence-corrected chi connectivity index (χ4v) is 3.06. The van der Waals surface area contributed by atoms with Gasteiger partial charge < -0.3 is 14.1 Å². The summed E-state index contributed by atoms with van der Waals surface area (Å²) < 4.78 is 10.8. The van der Waals surface area contributed by atoms with Crippen LogP contribution >= 0.6 is 12.2 Å². The molecule has 1 amide bonds. The van der Waals surface area contributed by atoms with E-state index in [1.165, 1.54) is 0 Å². The van der Waals surface area contributed by atoms with Crippen molar-refractivity contribution in [1.29, 1.82) is 0 Å². The molecule has 128 valence electrons. The zero-order valence-electron chi connectivity index (χ0n) is 13.8. The molecule has 0 unspecified atom stereocenters. The minimum Gasteiger partial charge on any atom is -0.409 e. The predicted octanol–water partition coefficient (Wildman–Crippen LogP) is 3.29. The van der Waals surface area contributed by atoms with E-state index in [0.717, 1.165) is 12.0 Å². The third kappa shape index (κ3) is 3.73. The van der Waals surface area contributed by atoms with Crippen LogP contribution < -0.4 is 0 Å². The average molecular weight is 347 g/mol. The highest BCUT2D eigenvalue weighted by Crippen LogP contribution is 2.21. The van der Waals surface area contributed by atoms with Gasteiger partial charge in [0, 0.05) is 17.7 Å². The van der Waals surface area contributed by atoms with Crippen LogP contribution in [0.2, 0.25) is 0 Å². The van der Waals surface area contributed by atoms with Crippen LogP contribution in [0.5, 0.6) is 0 Å². The highest BCUT2D eigenvalue weighted by atomic mass is 32.1. The van der Waals surface area contributed by atoms with Gasteiger partial charge in [-0.2, -0.15) is 0 Å². The van der Waals surface area contributed by atoms with Crippen molar-refractivity contribution >= 4 is 18.1 Å². The van der Waals surface area contributed by atoms with Gasteiger partial charge in [-0.05, 0) is 48.8 Å². The van der Waals surface area contributed by atoms with E-state index in [-0.39, 0.29) is 16.8 Å². The maximum absolute atomic E-state index is 12.9. The van der Waals surface area contributed by atoms with Crippen LogP contribution in [0.1, 0.15) is 30.6 Å². The van der Waals surface area contributed by atoms with Crippen molar-refractivity contribution in [3.05, 3.63) is 34.7 Å². The molecule has 1 aromatic carbocycles. The van der Waals surface area contributed by atoms with Crippen LogP contribution in [0.15, 0.2) is 28.7 Å². The monoisotopic (exact) mass is 347 g/mol. The Kier molecular flexibility index (Phi) is 5.11. The van der Waals surface area contributed by atoms with E-state index in [9.17, 15) is 4.79 Å². The Balaban J connectivity index is 1.77. The standard InChI is InChI=1S/C17H21N3O3S/c1-11(2)9-14-10-22-8-7-20(14)16(21)13-5-3-12(4-6-13)15-18-19-17(24)23-15/h3-6,11,14H,7-10H2,1-2H3,(H,19,24)/t14-/m1/s1. The first-order valence-electron chi connectivity index (χ1n) is 8.09. The van der Waals surface area contributed by atoms with Gasteiger partial charge in [0.2, 0.25) is 5.89 Å². The normalized spacial score (nSPS) is 18.1. The number of benzene rings is 1. The molecule has 0 bridgehead atoms. The minimum absolute atomic E-state index is 0.0402. The number of hydrogen-bond acceptors (Lipinski definition) is 5. The van der Waals surface area contributed by atoms with Gasteiger partial charge in [0.1, 0.15) is 0 Å². The summed E-state index contributed by atoms with van der Waals surface area (Å²) >= 11 is 4.88. The summed E-state index contributed by atoms with van der Waals surface area (Å²) in [6.07, 6.45) is 0.942. The summed E-state index contributed by atoms with van der Waals surface area (Å²) in [5.41, 5.74) is 1.43. The van der Waals surface area contributed by atoms with Gasteiger partial charge in [0.15, 0.2) is 0 Å². The van der Waals surface area contributed by atoms with Crippen molar-refractivity contribution in [2.75, 3.05) is 19.8 Å². The molecule has 1 saturated heterocycles. The smallest absolute Gasteiger partial charge is 0.284 e. The van der Waals surface area contributed by atoms with Crippen molar-refractivity contribution < 1.29 is 13.9 Å².